The third-order valence-electron chi connectivity index (χ3n) is 3.61. The van der Waals surface area contributed by atoms with Gasteiger partial charge in [0.2, 0.25) is 0 Å². The molecule has 94 valence electrons. The number of hydrogen-bond donors (Lipinski definition) is 1. The largest absolute Gasteiger partial charge is 0.493 e. The lowest BCUT2D eigenvalue weighted by Gasteiger charge is -2.17. The van der Waals surface area contributed by atoms with Crippen molar-refractivity contribution in [3.05, 3.63) is 48.2 Å². The van der Waals surface area contributed by atoms with Gasteiger partial charge in [-0.15, -0.1) is 0 Å². The Kier molecular flexibility index (Phi) is 2.30. The Bertz CT molecular complexity index is 712. The first-order valence-electron chi connectivity index (χ1n) is 6.60. The van der Waals surface area contributed by atoms with Gasteiger partial charge in [-0.25, -0.2) is 4.98 Å². The molecule has 3 aromatic rings. The highest BCUT2D eigenvalue weighted by atomic mass is 16.5. The van der Waals surface area contributed by atoms with Gasteiger partial charge in [-0.3, -0.25) is 0 Å². The lowest BCUT2D eigenvalue weighted by Crippen LogP contribution is -2.07. The van der Waals surface area contributed by atoms with Gasteiger partial charge in [0.05, 0.1) is 6.61 Å². The number of aromatic amines is 1. The predicted molar refractivity (Wildman–Crippen MR) is 75.3 cm³/mol. The Hall–Kier alpha value is -2.29. The van der Waals surface area contributed by atoms with Gasteiger partial charge < -0.3 is 9.72 Å². The molecule has 0 saturated heterocycles. The van der Waals surface area contributed by atoms with Crippen LogP contribution in [0.15, 0.2) is 42.6 Å². The summed E-state index contributed by atoms with van der Waals surface area (Å²) in [4.78, 5) is 7.70. The first kappa shape index (κ1) is 10.6. The fourth-order valence-electron chi connectivity index (χ4n) is 2.64. The van der Waals surface area contributed by atoms with Crippen LogP contribution in [0.5, 0.6) is 5.75 Å². The van der Waals surface area contributed by atoms with Crippen LogP contribution < -0.4 is 4.74 Å². The molecule has 0 atom stereocenters. The molecule has 0 bridgehead atoms. The zero-order chi connectivity index (χ0) is 12.7. The van der Waals surface area contributed by atoms with Gasteiger partial charge in [0.1, 0.15) is 11.4 Å². The van der Waals surface area contributed by atoms with Crippen molar-refractivity contribution in [2.75, 3.05) is 6.61 Å². The van der Waals surface area contributed by atoms with E-state index in [1.807, 2.05) is 12.3 Å². The monoisotopic (exact) mass is 250 g/mol. The Balaban J connectivity index is 1.83. The number of aryl methyl sites for hydroxylation is 1. The standard InChI is InChI=1S/C16H14N2O/c1-3-13-10-14(18-16(13)17-7-1)11-5-6-15-12(9-11)4-2-8-19-15/h1,3,5-7,9-10H,2,4,8H2,(H,17,18). The summed E-state index contributed by atoms with van der Waals surface area (Å²) in [5.41, 5.74) is 4.55. The highest BCUT2D eigenvalue weighted by Gasteiger charge is 2.12. The van der Waals surface area contributed by atoms with Crippen molar-refractivity contribution in [2.45, 2.75) is 12.8 Å². The minimum atomic E-state index is 0.836. The van der Waals surface area contributed by atoms with Crippen LogP contribution in [-0.2, 0) is 6.42 Å². The summed E-state index contributed by atoms with van der Waals surface area (Å²) in [6.07, 6.45) is 4.01. The van der Waals surface area contributed by atoms with E-state index in [1.54, 1.807) is 0 Å². The number of H-pyrrole nitrogens is 1. The molecule has 19 heavy (non-hydrogen) atoms. The minimum Gasteiger partial charge on any atom is -0.493 e. The quantitative estimate of drug-likeness (QED) is 0.717. The lowest BCUT2D eigenvalue weighted by atomic mass is 10.0. The molecule has 3 heteroatoms. The molecule has 1 aliphatic rings. The molecular weight excluding hydrogens is 236 g/mol. The van der Waals surface area contributed by atoms with Gasteiger partial charge in [-0.05, 0) is 60.4 Å². The molecular formula is C16H14N2O. The predicted octanol–water partition coefficient (Wildman–Crippen LogP) is 3.55. The average molecular weight is 250 g/mol. The van der Waals surface area contributed by atoms with Gasteiger partial charge in [-0.1, -0.05) is 0 Å². The normalized spacial score (nSPS) is 14.1. The molecule has 0 radical (unpaired) electrons. The van der Waals surface area contributed by atoms with Gasteiger partial charge in [0, 0.05) is 17.3 Å². The number of rotatable bonds is 1. The minimum absolute atomic E-state index is 0.836. The number of ether oxygens (including phenoxy) is 1. The van der Waals surface area contributed by atoms with Crippen molar-refractivity contribution in [3.63, 3.8) is 0 Å². The molecule has 0 spiro atoms. The Labute approximate surface area is 111 Å². The van der Waals surface area contributed by atoms with Crippen molar-refractivity contribution in [1.29, 1.82) is 0 Å². The van der Waals surface area contributed by atoms with E-state index in [9.17, 15) is 0 Å². The number of benzene rings is 1. The Morgan fingerprint density at radius 1 is 1.16 bits per heavy atom. The van der Waals surface area contributed by atoms with Crippen LogP contribution in [0.2, 0.25) is 0 Å². The highest BCUT2D eigenvalue weighted by molar-refractivity contribution is 5.83. The van der Waals surface area contributed by atoms with E-state index >= 15 is 0 Å². The molecule has 2 aromatic heterocycles. The maximum Gasteiger partial charge on any atom is 0.137 e. The first-order chi connectivity index (χ1) is 9.40. The number of aromatic nitrogens is 2. The Morgan fingerprint density at radius 3 is 3.11 bits per heavy atom. The fraction of sp³-hybridized carbons (Fsp3) is 0.188. The smallest absolute Gasteiger partial charge is 0.137 e. The zero-order valence-corrected chi connectivity index (χ0v) is 10.5. The van der Waals surface area contributed by atoms with E-state index in [0.717, 1.165) is 41.9 Å². The second-order valence-electron chi connectivity index (χ2n) is 4.90. The van der Waals surface area contributed by atoms with Crippen LogP contribution in [0.1, 0.15) is 12.0 Å². The number of fused-ring (bicyclic) bond motifs is 2. The lowest BCUT2D eigenvalue weighted by molar-refractivity contribution is 0.288. The average Bonchev–Trinajstić information content (AvgIpc) is 2.90. The van der Waals surface area contributed by atoms with Gasteiger partial charge in [0.25, 0.3) is 0 Å². The van der Waals surface area contributed by atoms with E-state index in [2.05, 4.69) is 40.3 Å². The molecule has 0 aliphatic carbocycles. The van der Waals surface area contributed by atoms with Crippen LogP contribution in [-0.4, -0.2) is 16.6 Å². The van der Waals surface area contributed by atoms with E-state index in [4.69, 9.17) is 4.74 Å². The van der Waals surface area contributed by atoms with Gasteiger partial charge in [-0.2, -0.15) is 0 Å². The number of pyridine rings is 1. The van der Waals surface area contributed by atoms with E-state index in [0.29, 0.717) is 0 Å². The summed E-state index contributed by atoms with van der Waals surface area (Å²) in [6, 6.07) is 12.6. The second-order valence-corrected chi connectivity index (χ2v) is 4.90. The first-order valence-corrected chi connectivity index (χ1v) is 6.60. The van der Waals surface area contributed by atoms with E-state index < -0.39 is 0 Å². The SMILES string of the molecule is c1cnc2[nH]c(-c3ccc4c(c3)CCCO4)cc2c1. The fourth-order valence-corrected chi connectivity index (χ4v) is 2.64. The number of nitrogens with zero attached hydrogens (tertiary/aromatic N) is 1. The van der Waals surface area contributed by atoms with Crippen molar-refractivity contribution >= 4 is 11.0 Å². The van der Waals surface area contributed by atoms with Gasteiger partial charge in [0.15, 0.2) is 0 Å². The van der Waals surface area contributed by atoms with Crippen LogP contribution in [0, 0.1) is 0 Å². The van der Waals surface area contributed by atoms with Gasteiger partial charge >= 0.3 is 0 Å². The summed E-state index contributed by atoms with van der Waals surface area (Å²) in [7, 11) is 0. The third kappa shape index (κ3) is 1.78. The molecule has 4 rings (SSSR count). The van der Waals surface area contributed by atoms with Crippen LogP contribution in [0.4, 0.5) is 0 Å². The summed E-state index contributed by atoms with van der Waals surface area (Å²) in [5, 5.41) is 1.14. The molecule has 0 fully saturated rings. The van der Waals surface area contributed by atoms with Crippen LogP contribution in [0.25, 0.3) is 22.3 Å². The molecule has 0 saturated carbocycles. The summed E-state index contributed by atoms with van der Waals surface area (Å²) in [5.74, 6) is 1.03. The molecule has 3 heterocycles. The summed E-state index contributed by atoms with van der Waals surface area (Å²) in [6.45, 7) is 0.836. The molecule has 1 aliphatic heterocycles. The second kappa shape index (κ2) is 4.12. The van der Waals surface area contributed by atoms with Crippen LogP contribution >= 0.6 is 0 Å². The topological polar surface area (TPSA) is 37.9 Å². The summed E-state index contributed by atoms with van der Waals surface area (Å²) < 4.78 is 5.65. The molecule has 0 amide bonds. The maximum absolute atomic E-state index is 5.65. The number of hydrogen-bond acceptors (Lipinski definition) is 2. The van der Waals surface area contributed by atoms with Crippen molar-refractivity contribution in [3.8, 4) is 17.0 Å². The summed E-state index contributed by atoms with van der Waals surface area (Å²) >= 11 is 0. The zero-order valence-electron chi connectivity index (χ0n) is 10.5. The van der Waals surface area contributed by atoms with Crippen LogP contribution in [0.3, 0.4) is 0 Å². The van der Waals surface area contributed by atoms with E-state index in [-0.39, 0.29) is 0 Å². The van der Waals surface area contributed by atoms with Crippen molar-refractivity contribution in [2.24, 2.45) is 0 Å². The molecule has 3 nitrogen and oxygen atoms in total. The highest BCUT2D eigenvalue weighted by Crippen LogP contribution is 2.30. The van der Waals surface area contributed by atoms with E-state index in [1.165, 1.54) is 11.1 Å². The Morgan fingerprint density at radius 2 is 2.16 bits per heavy atom. The molecule has 1 N–H and O–H groups in total. The van der Waals surface area contributed by atoms with Crippen molar-refractivity contribution in [1.82, 2.24) is 9.97 Å². The molecule has 0 unspecified atom stereocenters. The maximum atomic E-state index is 5.65. The number of nitrogens with one attached hydrogen (secondary N) is 1. The third-order valence-corrected chi connectivity index (χ3v) is 3.61. The van der Waals surface area contributed by atoms with Crippen molar-refractivity contribution < 1.29 is 4.74 Å². The molecule has 1 aromatic carbocycles.